The van der Waals surface area contributed by atoms with Crippen LogP contribution in [-0.2, 0) is 14.8 Å². The molecule has 0 aromatic heterocycles. The molecule has 1 atom stereocenters. The van der Waals surface area contributed by atoms with E-state index in [0.717, 1.165) is 0 Å². The predicted octanol–water partition coefficient (Wildman–Crippen LogP) is 0.270. The highest BCUT2D eigenvalue weighted by Crippen LogP contribution is 2.15. The minimum atomic E-state index is -3.51. The van der Waals surface area contributed by atoms with Gasteiger partial charge in [0.1, 0.15) is 0 Å². The van der Waals surface area contributed by atoms with E-state index in [2.05, 4.69) is 10.0 Å². The van der Waals surface area contributed by atoms with Crippen molar-refractivity contribution < 1.29 is 13.2 Å². The summed E-state index contributed by atoms with van der Waals surface area (Å²) in [7, 11) is -2.19. The molecule has 0 aliphatic heterocycles. The predicted molar refractivity (Wildman–Crippen MR) is 69.6 cm³/mol. The first-order chi connectivity index (χ1) is 8.40. The van der Waals surface area contributed by atoms with E-state index in [-0.39, 0.29) is 10.8 Å². The van der Waals surface area contributed by atoms with Gasteiger partial charge in [0.05, 0.1) is 10.9 Å². The van der Waals surface area contributed by atoms with Crippen LogP contribution in [0.1, 0.15) is 13.3 Å². The zero-order chi connectivity index (χ0) is 13.8. The maximum atomic E-state index is 11.6. The molecule has 0 saturated carbocycles. The summed E-state index contributed by atoms with van der Waals surface area (Å²) in [5.41, 5.74) is 5.97. The Morgan fingerprint density at radius 2 is 2.11 bits per heavy atom. The van der Waals surface area contributed by atoms with Gasteiger partial charge in [-0.1, -0.05) is 13.0 Å². The van der Waals surface area contributed by atoms with Gasteiger partial charge in [0, 0.05) is 5.69 Å². The highest BCUT2D eigenvalue weighted by Gasteiger charge is 2.14. The summed E-state index contributed by atoms with van der Waals surface area (Å²) in [5.74, 6) is -0.337. The fourth-order valence-corrected chi connectivity index (χ4v) is 2.05. The first-order valence-electron chi connectivity index (χ1n) is 5.50. The molecule has 1 unspecified atom stereocenters. The van der Waals surface area contributed by atoms with Gasteiger partial charge in [-0.25, -0.2) is 13.1 Å². The lowest BCUT2D eigenvalue weighted by molar-refractivity contribution is -0.117. The van der Waals surface area contributed by atoms with E-state index in [1.807, 2.05) is 0 Å². The first-order valence-corrected chi connectivity index (χ1v) is 6.99. The summed E-state index contributed by atoms with van der Waals surface area (Å²) >= 11 is 0. The molecular formula is C11H17N3O3S. The number of carbonyl (C=O) groups excluding carboxylic acids is 1. The molecule has 18 heavy (non-hydrogen) atoms. The molecule has 7 heteroatoms. The van der Waals surface area contributed by atoms with Gasteiger partial charge in [-0.3, -0.25) is 4.79 Å². The Kier molecular flexibility index (Phi) is 4.83. The molecule has 0 radical (unpaired) electrons. The first kappa shape index (κ1) is 14.6. The minimum absolute atomic E-state index is 0.0906. The van der Waals surface area contributed by atoms with E-state index >= 15 is 0 Å². The molecule has 1 amide bonds. The third kappa shape index (κ3) is 3.52. The monoisotopic (exact) mass is 271 g/mol. The third-order valence-corrected chi connectivity index (χ3v) is 3.87. The van der Waals surface area contributed by atoms with Gasteiger partial charge in [0.25, 0.3) is 0 Å². The topological polar surface area (TPSA) is 101 Å². The summed E-state index contributed by atoms with van der Waals surface area (Å²) in [5, 5.41) is 2.57. The van der Waals surface area contributed by atoms with Crippen LogP contribution in [-0.4, -0.2) is 27.4 Å². The minimum Gasteiger partial charge on any atom is -0.325 e. The van der Waals surface area contributed by atoms with Crippen LogP contribution in [0.2, 0.25) is 0 Å². The lowest BCUT2D eigenvalue weighted by Crippen LogP contribution is -2.34. The molecule has 0 spiro atoms. The Balaban J connectivity index is 2.94. The molecular weight excluding hydrogens is 254 g/mol. The fraction of sp³-hybridized carbons (Fsp3) is 0.364. The number of hydrogen-bond donors (Lipinski definition) is 3. The number of rotatable bonds is 5. The molecule has 4 N–H and O–H groups in total. The average molecular weight is 271 g/mol. The van der Waals surface area contributed by atoms with Gasteiger partial charge >= 0.3 is 0 Å². The number of nitrogens with two attached hydrogens (primary N) is 1. The summed E-state index contributed by atoms with van der Waals surface area (Å²) < 4.78 is 25.4. The maximum Gasteiger partial charge on any atom is 0.241 e. The number of carbonyl (C=O) groups is 1. The molecule has 0 aliphatic carbocycles. The van der Waals surface area contributed by atoms with Crippen LogP contribution in [0.5, 0.6) is 0 Å². The Bertz CT molecular complexity index is 528. The normalized spacial score (nSPS) is 13.1. The number of nitrogens with one attached hydrogen (secondary N) is 2. The van der Waals surface area contributed by atoms with Crippen molar-refractivity contribution in [3.8, 4) is 0 Å². The zero-order valence-electron chi connectivity index (χ0n) is 10.3. The van der Waals surface area contributed by atoms with Gasteiger partial charge in [-0.15, -0.1) is 0 Å². The van der Waals surface area contributed by atoms with E-state index in [1.54, 1.807) is 19.1 Å². The van der Waals surface area contributed by atoms with Gasteiger partial charge in [-0.2, -0.15) is 0 Å². The van der Waals surface area contributed by atoms with Crippen LogP contribution in [0.3, 0.4) is 0 Å². The molecule has 1 rings (SSSR count). The Morgan fingerprint density at radius 1 is 1.44 bits per heavy atom. The van der Waals surface area contributed by atoms with Crippen molar-refractivity contribution >= 4 is 21.6 Å². The quantitative estimate of drug-likeness (QED) is 0.715. The molecule has 0 fully saturated rings. The van der Waals surface area contributed by atoms with Gasteiger partial charge in [0.15, 0.2) is 0 Å². The van der Waals surface area contributed by atoms with Gasteiger partial charge in [0.2, 0.25) is 15.9 Å². The van der Waals surface area contributed by atoms with Crippen LogP contribution in [0.25, 0.3) is 0 Å². The number of amides is 1. The van der Waals surface area contributed by atoms with Crippen molar-refractivity contribution in [3.63, 3.8) is 0 Å². The van der Waals surface area contributed by atoms with Crippen molar-refractivity contribution in [3.05, 3.63) is 24.3 Å². The summed E-state index contributed by atoms with van der Waals surface area (Å²) in [4.78, 5) is 11.7. The molecule has 1 aromatic rings. The molecule has 1 aromatic carbocycles. The van der Waals surface area contributed by atoms with Gasteiger partial charge < -0.3 is 11.1 Å². The molecule has 100 valence electrons. The Labute approximate surface area is 107 Å². The molecule has 0 aliphatic rings. The van der Waals surface area contributed by atoms with Crippen molar-refractivity contribution in [1.29, 1.82) is 0 Å². The van der Waals surface area contributed by atoms with Crippen LogP contribution in [0.4, 0.5) is 5.69 Å². The van der Waals surface area contributed by atoms with Crippen LogP contribution in [0.15, 0.2) is 29.2 Å². The van der Waals surface area contributed by atoms with E-state index in [4.69, 9.17) is 5.73 Å². The highest BCUT2D eigenvalue weighted by atomic mass is 32.2. The maximum absolute atomic E-state index is 11.6. The van der Waals surface area contributed by atoms with E-state index < -0.39 is 16.1 Å². The second-order valence-corrected chi connectivity index (χ2v) is 5.63. The zero-order valence-corrected chi connectivity index (χ0v) is 11.1. The van der Waals surface area contributed by atoms with E-state index in [0.29, 0.717) is 12.1 Å². The molecule has 0 saturated heterocycles. The smallest absolute Gasteiger partial charge is 0.241 e. The molecule has 0 bridgehead atoms. The fourth-order valence-electron chi connectivity index (χ4n) is 1.28. The van der Waals surface area contributed by atoms with Crippen molar-refractivity contribution in [2.75, 3.05) is 12.4 Å². The number of anilines is 1. The highest BCUT2D eigenvalue weighted by molar-refractivity contribution is 7.89. The van der Waals surface area contributed by atoms with Crippen LogP contribution in [0, 0.1) is 0 Å². The third-order valence-electron chi connectivity index (χ3n) is 2.46. The number of sulfonamides is 1. The van der Waals surface area contributed by atoms with Gasteiger partial charge in [-0.05, 0) is 31.7 Å². The van der Waals surface area contributed by atoms with E-state index in [9.17, 15) is 13.2 Å². The lowest BCUT2D eigenvalue weighted by Gasteiger charge is -2.11. The summed E-state index contributed by atoms with van der Waals surface area (Å²) in [6.07, 6.45) is 0.514. The Hall–Kier alpha value is -1.44. The second-order valence-electron chi connectivity index (χ2n) is 3.74. The van der Waals surface area contributed by atoms with Crippen molar-refractivity contribution in [1.82, 2.24) is 4.72 Å². The molecule has 0 heterocycles. The average Bonchev–Trinajstić information content (AvgIpc) is 2.38. The van der Waals surface area contributed by atoms with Crippen LogP contribution < -0.4 is 15.8 Å². The molecule has 6 nitrogen and oxygen atoms in total. The van der Waals surface area contributed by atoms with Crippen LogP contribution >= 0.6 is 0 Å². The van der Waals surface area contributed by atoms with E-state index in [1.165, 1.54) is 19.2 Å². The number of hydrogen-bond acceptors (Lipinski definition) is 4. The SMILES string of the molecule is CCC(N)C(=O)Nc1cccc(S(=O)(=O)NC)c1. The second kappa shape index (κ2) is 5.94. The lowest BCUT2D eigenvalue weighted by atomic mass is 10.2. The van der Waals surface area contributed by atoms with Crippen molar-refractivity contribution in [2.45, 2.75) is 24.3 Å². The summed E-state index contributed by atoms with van der Waals surface area (Å²) in [6, 6.07) is 5.38. The standard InChI is InChI=1S/C11H17N3O3S/c1-3-10(12)11(15)14-8-5-4-6-9(7-8)18(16,17)13-2/h4-7,10,13H,3,12H2,1-2H3,(H,14,15). The number of benzene rings is 1. The summed E-state index contributed by atoms with van der Waals surface area (Å²) in [6.45, 7) is 1.80. The largest absolute Gasteiger partial charge is 0.325 e. The Morgan fingerprint density at radius 3 is 2.67 bits per heavy atom. The van der Waals surface area contributed by atoms with Crippen molar-refractivity contribution in [2.24, 2.45) is 5.73 Å².